The Labute approximate surface area is 122 Å². The normalized spacial score (nSPS) is 12.2. The van der Waals surface area contributed by atoms with Crippen LogP contribution in [0.5, 0.6) is 0 Å². The fraction of sp³-hybridized carbons (Fsp3) is 0.562. The van der Waals surface area contributed by atoms with Crippen LogP contribution in [0.15, 0.2) is 29.3 Å². The van der Waals surface area contributed by atoms with Gasteiger partial charge >= 0.3 is 0 Å². The lowest BCUT2D eigenvalue weighted by Crippen LogP contribution is -2.26. The van der Waals surface area contributed by atoms with Gasteiger partial charge in [0, 0.05) is 17.8 Å². The van der Waals surface area contributed by atoms with Crippen molar-refractivity contribution in [2.45, 2.75) is 33.8 Å². The molecule has 1 rings (SSSR count). The number of hydrogen-bond acceptors (Lipinski definition) is 4. The Morgan fingerprint density at radius 3 is 2.30 bits per heavy atom. The van der Waals surface area contributed by atoms with Crippen LogP contribution in [-0.4, -0.2) is 43.1 Å². The highest BCUT2D eigenvalue weighted by molar-refractivity contribution is 5.94. The predicted octanol–water partition coefficient (Wildman–Crippen LogP) is 2.78. The molecule has 0 saturated heterocycles. The van der Waals surface area contributed by atoms with Gasteiger partial charge in [-0.2, -0.15) is 0 Å². The minimum atomic E-state index is 0.111. The molecule has 0 atom stereocenters. The Morgan fingerprint density at radius 2 is 1.80 bits per heavy atom. The molecule has 112 valence electrons. The second-order valence-corrected chi connectivity index (χ2v) is 5.00. The molecule has 0 aliphatic heterocycles. The van der Waals surface area contributed by atoms with E-state index in [2.05, 4.69) is 23.7 Å². The number of anilines is 1. The molecular formula is C16H27N3O. The minimum absolute atomic E-state index is 0.111. The fourth-order valence-electron chi connectivity index (χ4n) is 1.88. The summed E-state index contributed by atoms with van der Waals surface area (Å²) in [7, 11) is 0. The van der Waals surface area contributed by atoms with Crippen molar-refractivity contribution in [2.24, 2.45) is 4.99 Å². The summed E-state index contributed by atoms with van der Waals surface area (Å²) >= 11 is 0. The van der Waals surface area contributed by atoms with Crippen LogP contribution in [0.1, 0.15) is 33.3 Å². The zero-order valence-corrected chi connectivity index (χ0v) is 13.1. The molecule has 0 bridgehead atoms. The largest absolute Gasteiger partial charge is 0.475 e. The smallest absolute Gasteiger partial charge is 0.216 e. The van der Waals surface area contributed by atoms with Crippen molar-refractivity contribution in [2.75, 3.05) is 31.9 Å². The lowest BCUT2D eigenvalue weighted by Gasteiger charge is -2.17. The van der Waals surface area contributed by atoms with E-state index in [0.717, 1.165) is 37.4 Å². The first-order valence-corrected chi connectivity index (χ1v) is 7.36. The number of benzene rings is 1. The molecule has 0 fully saturated rings. The van der Waals surface area contributed by atoms with Crippen LogP contribution in [0.4, 0.5) is 5.69 Å². The molecule has 0 radical (unpaired) electrons. The summed E-state index contributed by atoms with van der Waals surface area (Å²) in [6, 6.07) is 7.65. The van der Waals surface area contributed by atoms with E-state index in [1.165, 1.54) is 0 Å². The SMILES string of the molecule is CCN(CC)CC/N=C(\OC(C)C)c1ccc(N)cc1. The minimum Gasteiger partial charge on any atom is -0.475 e. The van der Waals surface area contributed by atoms with Gasteiger partial charge in [0.05, 0.1) is 12.6 Å². The third-order valence-corrected chi connectivity index (χ3v) is 3.07. The first kappa shape index (κ1) is 16.5. The van der Waals surface area contributed by atoms with Gasteiger partial charge < -0.3 is 15.4 Å². The van der Waals surface area contributed by atoms with E-state index in [9.17, 15) is 0 Å². The van der Waals surface area contributed by atoms with Crippen molar-refractivity contribution in [1.82, 2.24) is 4.90 Å². The predicted molar refractivity (Wildman–Crippen MR) is 86.3 cm³/mol. The first-order valence-electron chi connectivity index (χ1n) is 7.36. The zero-order chi connectivity index (χ0) is 15.0. The highest BCUT2D eigenvalue weighted by atomic mass is 16.5. The van der Waals surface area contributed by atoms with Gasteiger partial charge in [0.15, 0.2) is 0 Å². The quantitative estimate of drug-likeness (QED) is 0.473. The van der Waals surface area contributed by atoms with Crippen LogP contribution in [0.3, 0.4) is 0 Å². The number of hydrogen-bond donors (Lipinski definition) is 1. The van der Waals surface area contributed by atoms with Crippen LogP contribution >= 0.6 is 0 Å². The van der Waals surface area contributed by atoms with Crippen molar-refractivity contribution in [3.8, 4) is 0 Å². The topological polar surface area (TPSA) is 50.8 Å². The van der Waals surface area contributed by atoms with Crippen LogP contribution < -0.4 is 5.73 Å². The zero-order valence-electron chi connectivity index (χ0n) is 13.1. The monoisotopic (exact) mass is 277 g/mol. The maximum absolute atomic E-state index is 5.82. The number of ether oxygens (including phenoxy) is 1. The van der Waals surface area contributed by atoms with E-state index in [1.54, 1.807) is 0 Å². The number of likely N-dealkylation sites (N-methyl/N-ethyl adjacent to an activating group) is 1. The van der Waals surface area contributed by atoms with Gasteiger partial charge in [0.25, 0.3) is 0 Å². The molecule has 1 aromatic rings. The number of nitrogen functional groups attached to an aromatic ring is 1. The van der Waals surface area contributed by atoms with Crippen molar-refractivity contribution < 1.29 is 4.74 Å². The van der Waals surface area contributed by atoms with E-state index in [4.69, 9.17) is 10.5 Å². The van der Waals surface area contributed by atoms with Gasteiger partial charge in [-0.05, 0) is 51.2 Å². The third kappa shape index (κ3) is 5.61. The van der Waals surface area contributed by atoms with E-state index < -0.39 is 0 Å². The maximum atomic E-state index is 5.82. The molecule has 4 heteroatoms. The molecular weight excluding hydrogens is 250 g/mol. The van der Waals surface area contributed by atoms with Crippen LogP contribution in [0, 0.1) is 0 Å². The first-order chi connectivity index (χ1) is 9.56. The molecule has 0 amide bonds. The summed E-state index contributed by atoms with van der Waals surface area (Å²) in [4.78, 5) is 6.96. The van der Waals surface area contributed by atoms with Gasteiger partial charge in [0.2, 0.25) is 5.90 Å². The third-order valence-electron chi connectivity index (χ3n) is 3.07. The van der Waals surface area contributed by atoms with Gasteiger partial charge in [0.1, 0.15) is 0 Å². The molecule has 0 spiro atoms. The van der Waals surface area contributed by atoms with Gasteiger partial charge in [-0.25, -0.2) is 4.99 Å². The molecule has 0 aliphatic rings. The lowest BCUT2D eigenvalue weighted by atomic mass is 10.2. The van der Waals surface area contributed by atoms with Crippen molar-refractivity contribution in [1.29, 1.82) is 0 Å². The Bertz CT molecular complexity index is 408. The second-order valence-electron chi connectivity index (χ2n) is 5.00. The molecule has 0 heterocycles. The summed E-state index contributed by atoms with van der Waals surface area (Å²) < 4.78 is 5.82. The molecule has 0 aromatic heterocycles. The molecule has 0 saturated carbocycles. The standard InChI is InChI=1S/C16H27N3O/c1-5-19(6-2)12-11-18-16(20-13(3)4)14-7-9-15(17)10-8-14/h7-10,13H,5-6,11-12,17H2,1-4H3/b18-16-. The summed E-state index contributed by atoms with van der Waals surface area (Å²) in [5.74, 6) is 0.701. The van der Waals surface area contributed by atoms with Gasteiger partial charge in [-0.3, -0.25) is 0 Å². The molecule has 4 nitrogen and oxygen atoms in total. The van der Waals surface area contributed by atoms with E-state index in [0.29, 0.717) is 5.90 Å². The maximum Gasteiger partial charge on any atom is 0.216 e. The van der Waals surface area contributed by atoms with E-state index in [1.807, 2.05) is 38.1 Å². The number of nitrogens with two attached hydrogens (primary N) is 1. The molecule has 1 aromatic carbocycles. The van der Waals surface area contributed by atoms with Gasteiger partial charge in [-0.15, -0.1) is 0 Å². The van der Waals surface area contributed by atoms with Crippen molar-refractivity contribution >= 4 is 11.6 Å². The highest BCUT2D eigenvalue weighted by Crippen LogP contribution is 2.09. The number of rotatable bonds is 7. The molecule has 0 aliphatic carbocycles. The Kier molecular flexibility index (Phi) is 7.09. The number of nitrogens with zero attached hydrogens (tertiary/aromatic N) is 2. The van der Waals surface area contributed by atoms with E-state index in [-0.39, 0.29) is 6.10 Å². The Morgan fingerprint density at radius 1 is 1.20 bits per heavy atom. The summed E-state index contributed by atoms with van der Waals surface area (Å²) in [5, 5.41) is 0. The van der Waals surface area contributed by atoms with Gasteiger partial charge in [-0.1, -0.05) is 13.8 Å². The van der Waals surface area contributed by atoms with Crippen LogP contribution in [-0.2, 0) is 4.74 Å². The summed E-state index contributed by atoms with van der Waals surface area (Å²) in [5.41, 5.74) is 7.45. The average Bonchev–Trinajstić information content (AvgIpc) is 2.43. The summed E-state index contributed by atoms with van der Waals surface area (Å²) in [6.45, 7) is 12.1. The summed E-state index contributed by atoms with van der Waals surface area (Å²) in [6.07, 6.45) is 0.111. The Hall–Kier alpha value is -1.55. The van der Waals surface area contributed by atoms with Crippen LogP contribution in [0.25, 0.3) is 0 Å². The second kappa shape index (κ2) is 8.59. The van der Waals surface area contributed by atoms with Crippen molar-refractivity contribution in [3.63, 3.8) is 0 Å². The fourth-order valence-corrected chi connectivity index (χ4v) is 1.88. The average molecular weight is 277 g/mol. The number of aliphatic imine (C=N–C) groups is 1. The lowest BCUT2D eigenvalue weighted by molar-refractivity contribution is 0.227. The van der Waals surface area contributed by atoms with Crippen molar-refractivity contribution in [3.05, 3.63) is 29.8 Å². The molecule has 2 N–H and O–H groups in total. The van der Waals surface area contributed by atoms with Crippen LogP contribution in [0.2, 0.25) is 0 Å². The Balaban J connectivity index is 2.75. The molecule has 0 unspecified atom stereocenters. The highest BCUT2D eigenvalue weighted by Gasteiger charge is 2.07. The van der Waals surface area contributed by atoms with E-state index >= 15 is 0 Å². The molecule has 20 heavy (non-hydrogen) atoms.